The first-order valence-corrected chi connectivity index (χ1v) is 12.0. The number of phenols is 1. The fraction of sp³-hybridized carbons (Fsp3) is 0.692. The van der Waals surface area contributed by atoms with Crippen LogP contribution in [-0.4, -0.2) is 15.6 Å². The number of unbranched alkanes of at least 4 members (excludes halogenated alkanes) is 6. The van der Waals surface area contributed by atoms with Crippen LogP contribution in [0, 0.1) is 30.9 Å². The maximum absolute atomic E-state index is 11.2. The van der Waals surface area contributed by atoms with E-state index in [1.807, 2.05) is 26.8 Å². The molecule has 1 aromatic rings. The van der Waals surface area contributed by atoms with Gasteiger partial charge in [-0.3, -0.25) is 10.1 Å². The molecule has 1 unspecified atom stereocenters. The van der Waals surface area contributed by atoms with Crippen molar-refractivity contribution >= 4 is 0 Å². The summed E-state index contributed by atoms with van der Waals surface area (Å²) in [6.07, 6.45) is 13.4. The lowest BCUT2D eigenvalue weighted by Gasteiger charge is -2.38. The molecule has 0 saturated heterocycles. The molecule has 0 bridgehead atoms. The molecule has 1 aliphatic rings. The van der Waals surface area contributed by atoms with E-state index in [1.54, 1.807) is 0 Å². The summed E-state index contributed by atoms with van der Waals surface area (Å²) in [5, 5.41) is 21.6. The lowest BCUT2D eigenvalue weighted by Crippen LogP contribution is -2.37. The standard InChI is InChI=1S/C26H41NO4/c1-6-7-8-11-14-22(27(29)30)15-12-9-10-13-17-26(5)18-16-23-21(4)24(28)19(2)20(3)25(23)31-26/h14,28H,6-13,15-18H2,1-5H3. The maximum Gasteiger partial charge on any atom is 0.242 e. The highest BCUT2D eigenvalue weighted by atomic mass is 16.6. The average molecular weight is 432 g/mol. The van der Waals surface area contributed by atoms with E-state index in [0.717, 1.165) is 98.6 Å². The molecular formula is C26H41NO4. The highest BCUT2D eigenvalue weighted by Crippen LogP contribution is 2.44. The first kappa shape index (κ1) is 25.2. The molecule has 1 aliphatic heterocycles. The van der Waals surface area contributed by atoms with Gasteiger partial charge >= 0.3 is 0 Å². The Morgan fingerprint density at radius 2 is 1.81 bits per heavy atom. The van der Waals surface area contributed by atoms with Crippen molar-refractivity contribution in [3.05, 3.63) is 44.1 Å². The Hall–Kier alpha value is -2.04. The van der Waals surface area contributed by atoms with E-state index in [9.17, 15) is 15.2 Å². The van der Waals surface area contributed by atoms with E-state index in [0.29, 0.717) is 17.9 Å². The average Bonchev–Trinajstić information content (AvgIpc) is 2.74. The van der Waals surface area contributed by atoms with Crippen molar-refractivity contribution in [2.75, 3.05) is 0 Å². The molecule has 0 spiro atoms. The van der Waals surface area contributed by atoms with Crippen molar-refractivity contribution in [3.63, 3.8) is 0 Å². The molecule has 0 aliphatic carbocycles. The minimum atomic E-state index is -0.204. The van der Waals surface area contributed by atoms with Crippen LogP contribution in [0.2, 0.25) is 0 Å². The first-order valence-electron chi connectivity index (χ1n) is 12.0. The molecule has 1 heterocycles. The summed E-state index contributed by atoms with van der Waals surface area (Å²) >= 11 is 0. The van der Waals surface area contributed by atoms with Crippen LogP contribution in [0.4, 0.5) is 0 Å². The summed E-state index contributed by atoms with van der Waals surface area (Å²) in [4.78, 5) is 11.0. The van der Waals surface area contributed by atoms with Crippen LogP contribution in [0.1, 0.15) is 107 Å². The second-order valence-corrected chi connectivity index (χ2v) is 9.45. The number of phenolic OH excluding ortho intramolecular Hbond substituents is 1. The minimum Gasteiger partial charge on any atom is -0.507 e. The van der Waals surface area contributed by atoms with Crippen LogP contribution in [-0.2, 0) is 6.42 Å². The summed E-state index contributed by atoms with van der Waals surface area (Å²) < 4.78 is 6.50. The number of hydrogen-bond donors (Lipinski definition) is 1. The Bertz CT molecular complexity index is 799. The van der Waals surface area contributed by atoms with Crippen LogP contribution in [0.15, 0.2) is 11.8 Å². The molecule has 0 fully saturated rings. The normalized spacial score (nSPS) is 18.5. The molecular weight excluding hydrogens is 390 g/mol. The van der Waals surface area contributed by atoms with E-state index in [2.05, 4.69) is 13.8 Å². The van der Waals surface area contributed by atoms with Crippen LogP contribution < -0.4 is 4.74 Å². The van der Waals surface area contributed by atoms with Gasteiger partial charge in [0.05, 0.1) is 4.92 Å². The number of hydrogen-bond acceptors (Lipinski definition) is 4. The van der Waals surface area contributed by atoms with E-state index < -0.39 is 0 Å². The molecule has 0 saturated carbocycles. The largest absolute Gasteiger partial charge is 0.507 e. The van der Waals surface area contributed by atoms with Crippen LogP contribution in [0.25, 0.3) is 0 Å². The van der Waals surface area contributed by atoms with Crippen LogP contribution >= 0.6 is 0 Å². The Morgan fingerprint density at radius 3 is 2.48 bits per heavy atom. The van der Waals surface area contributed by atoms with Crippen molar-refractivity contribution in [1.29, 1.82) is 0 Å². The Labute approximate surface area is 188 Å². The Kier molecular flexibility index (Phi) is 9.39. The monoisotopic (exact) mass is 431 g/mol. The lowest BCUT2D eigenvalue weighted by atomic mass is 9.84. The van der Waals surface area contributed by atoms with Gasteiger partial charge in [-0.2, -0.15) is 0 Å². The third kappa shape index (κ3) is 6.72. The minimum absolute atomic E-state index is 0.182. The molecule has 0 amide bonds. The van der Waals surface area contributed by atoms with Crippen molar-refractivity contribution in [3.8, 4) is 11.5 Å². The lowest BCUT2D eigenvalue weighted by molar-refractivity contribution is -0.428. The summed E-state index contributed by atoms with van der Waals surface area (Å²) in [5.74, 6) is 1.36. The van der Waals surface area contributed by atoms with Gasteiger partial charge in [-0.05, 0) is 95.4 Å². The molecule has 0 radical (unpaired) electrons. The van der Waals surface area contributed by atoms with Crippen molar-refractivity contribution < 1.29 is 14.8 Å². The molecule has 1 atom stereocenters. The molecule has 0 aromatic heterocycles. The zero-order chi connectivity index (χ0) is 23.0. The van der Waals surface area contributed by atoms with Crippen molar-refractivity contribution in [2.45, 2.75) is 117 Å². The third-order valence-electron chi connectivity index (χ3n) is 6.90. The van der Waals surface area contributed by atoms with Gasteiger partial charge < -0.3 is 9.84 Å². The quantitative estimate of drug-likeness (QED) is 0.211. The molecule has 31 heavy (non-hydrogen) atoms. The molecule has 2 rings (SSSR count). The predicted molar refractivity (Wildman–Crippen MR) is 127 cm³/mol. The van der Waals surface area contributed by atoms with Crippen molar-refractivity contribution in [2.24, 2.45) is 0 Å². The molecule has 5 heteroatoms. The van der Waals surface area contributed by atoms with Crippen LogP contribution in [0.3, 0.4) is 0 Å². The molecule has 1 N–H and O–H groups in total. The number of ether oxygens (including phenoxy) is 1. The van der Waals surface area contributed by atoms with Gasteiger partial charge in [-0.25, -0.2) is 0 Å². The number of nitro groups is 1. The fourth-order valence-electron chi connectivity index (χ4n) is 4.56. The van der Waals surface area contributed by atoms with E-state index in [1.165, 1.54) is 0 Å². The Balaban J connectivity index is 1.80. The van der Waals surface area contributed by atoms with Crippen LogP contribution in [0.5, 0.6) is 11.5 Å². The second kappa shape index (κ2) is 11.5. The molecule has 174 valence electrons. The highest BCUT2D eigenvalue weighted by Gasteiger charge is 2.34. The van der Waals surface area contributed by atoms with Gasteiger partial charge in [0.1, 0.15) is 17.1 Å². The number of benzene rings is 1. The smallest absolute Gasteiger partial charge is 0.242 e. The molecule has 1 aromatic carbocycles. The van der Waals surface area contributed by atoms with Gasteiger partial charge in [-0.1, -0.05) is 32.6 Å². The first-order chi connectivity index (χ1) is 14.7. The number of nitrogens with zero attached hydrogens (tertiary/aromatic N) is 1. The van der Waals surface area contributed by atoms with Gasteiger partial charge in [0, 0.05) is 12.0 Å². The van der Waals surface area contributed by atoms with Gasteiger partial charge in [0.25, 0.3) is 0 Å². The number of rotatable bonds is 12. The summed E-state index contributed by atoms with van der Waals surface area (Å²) in [5.41, 5.74) is 4.26. The van der Waals surface area contributed by atoms with Gasteiger partial charge in [-0.15, -0.1) is 0 Å². The third-order valence-corrected chi connectivity index (χ3v) is 6.90. The van der Waals surface area contributed by atoms with E-state index in [4.69, 9.17) is 4.74 Å². The second-order valence-electron chi connectivity index (χ2n) is 9.45. The van der Waals surface area contributed by atoms with Gasteiger partial charge in [0.2, 0.25) is 5.70 Å². The van der Waals surface area contributed by atoms with Crippen molar-refractivity contribution in [1.82, 2.24) is 0 Å². The summed E-state index contributed by atoms with van der Waals surface area (Å²) in [6, 6.07) is 0. The molecule has 5 nitrogen and oxygen atoms in total. The number of aromatic hydroxyl groups is 1. The predicted octanol–water partition coefficient (Wildman–Crippen LogP) is 7.48. The highest BCUT2D eigenvalue weighted by molar-refractivity contribution is 5.58. The van der Waals surface area contributed by atoms with Gasteiger partial charge in [0.15, 0.2) is 0 Å². The zero-order valence-corrected chi connectivity index (χ0v) is 20.2. The fourth-order valence-corrected chi connectivity index (χ4v) is 4.56. The number of fused-ring (bicyclic) bond motifs is 1. The topological polar surface area (TPSA) is 72.6 Å². The number of allylic oxidation sites excluding steroid dienone is 2. The Morgan fingerprint density at radius 1 is 1.10 bits per heavy atom. The zero-order valence-electron chi connectivity index (χ0n) is 20.2. The maximum atomic E-state index is 11.2. The van der Waals surface area contributed by atoms with E-state index in [-0.39, 0.29) is 10.5 Å². The SMILES string of the molecule is CCCCCC=C(CCCCCCC1(C)CCc2c(C)c(O)c(C)c(C)c2O1)[N+](=O)[O-]. The summed E-state index contributed by atoms with van der Waals surface area (Å²) in [7, 11) is 0. The summed E-state index contributed by atoms with van der Waals surface area (Å²) in [6.45, 7) is 10.3. The van der Waals surface area contributed by atoms with E-state index >= 15 is 0 Å².